The Balaban J connectivity index is 1.32. The molecule has 2 aromatic carbocycles. The second kappa shape index (κ2) is 8.36. The third kappa shape index (κ3) is 4.75. The molecule has 29 heavy (non-hydrogen) atoms. The van der Waals surface area contributed by atoms with E-state index in [2.05, 4.69) is 20.3 Å². The number of thioether (sulfide) groups is 1. The van der Waals surface area contributed by atoms with Crippen molar-refractivity contribution in [3.8, 4) is 11.5 Å². The van der Waals surface area contributed by atoms with Gasteiger partial charge in [-0.15, -0.1) is 0 Å². The highest BCUT2D eigenvalue weighted by Gasteiger charge is 2.08. The summed E-state index contributed by atoms with van der Waals surface area (Å²) in [4.78, 5) is 24.1. The van der Waals surface area contributed by atoms with Gasteiger partial charge in [0.1, 0.15) is 11.5 Å². The summed E-state index contributed by atoms with van der Waals surface area (Å²) in [5.41, 5.74) is 4.77. The van der Waals surface area contributed by atoms with Crippen LogP contribution in [-0.4, -0.2) is 26.6 Å². The van der Waals surface area contributed by atoms with Gasteiger partial charge in [0.25, 0.3) is 0 Å². The largest absolute Gasteiger partial charge is 0.455 e. The van der Waals surface area contributed by atoms with Crippen LogP contribution in [0.15, 0.2) is 66.1 Å². The normalized spacial score (nSPS) is 10.8. The SMILES string of the molecule is Cc1ccc2nc(SCC(=O)Nc3ccc(Oc4cnccc4C)cc3)[nH]c2c1. The molecule has 0 saturated heterocycles. The molecule has 2 aromatic heterocycles. The van der Waals surface area contributed by atoms with E-state index in [1.165, 1.54) is 17.3 Å². The minimum absolute atomic E-state index is 0.0941. The molecule has 6 nitrogen and oxygen atoms in total. The Hall–Kier alpha value is -3.32. The van der Waals surface area contributed by atoms with Crippen LogP contribution in [0.5, 0.6) is 11.5 Å². The number of rotatable bonds is 6. The summed E-state index contributed by atoms with van der Waals surface area (Å²) < 4.78 is 5.82. The van der Waals surface area contributed by atoms with Gasteiger partial charge < -0.3 is 15.0 Å². The Kier molecular flexibility index (Phi) is 5.48. The Morgan fingerprint density at radius 1 is 1.14 bits per heavy atom. The van der Waals surface area contributed by atoms with Crippen LogP contribution in [-0.2, 0) is 4.79 Å². The number of nitrogens with one attached hydrogen (secondary N) is 2. The van der Waals surface area contributed by atoms with Crippen molar-refractivity contribution in [1.82, 2.24) is 15.0 Å². The molecule has 1 amide bonds. The van der Waals surface area contributed by atoms with Crippen LogP contribution < -0.4 is 10.1 Å². The molecule has 0 bridgehead atoms. The van der Waals surface area contributed by atoms with Crippen molar-refractivity contribution < 1.29 is 9.53 Å². The molecule has 0 unspecified atom stereocenters. The van der Waals surface area contributed by atoms with Crippen LogP contribution >= 0.6 is 11.8 Å². The highest BCUT2D eigenvalue weighted by molar-refractivity contribution is 7.99. The number of fused-ring (bicyclic) bond motifs is 1. The molecule has 4 rings (SSSR count). The van der Waals surface area contributed by atoms with Gasteiger partial charge in [0.2, 0.25) is 5.91 Å². The van der Waals surface area contributed by atoms with Crippen molar-refractivity contribution in [3.05, 3.63) is 72.1 Å². The molecule has 0 spiro atoms. The van der Waals surface area contributed by atoms with E-state index in [1.54, 1.807) is 12.4 Å². The molecule has 7 heteroatoms. The Labute approximate surface area is 172 Å². The van der Waals surface area contributed by atoms with Crippen molar-refractivity contribution in [3.63, 3.8) is 0 Å². The summed E-state index contributed by atoms with van der Waals surface area (Å²) in [7, 11) is 0. The highest BCUT2D eigenvalue weighted by atomic mass is 32.2. The number of nitrogens with zero attached hydrogens (tertiary/aromatic N) is 2. The zero-order chi connectivity index (χ0) is 20.2. The quantitative estimate of drug-likeness (QED) is 0.437. The Morgan fingerprint density at radius 3 is 2.76 bits per heavy atom. The first-order chi connectivity index (χ1) is 14.1. The minimum atomic E-state index is -0.0941. The number of amides is 1. The lowest BCUT2D eigenvalue weighted by molar-refractivity contribution is -0.113. The van der Waals surface area contributed by atoms with Gasteiger partial charge in [-0.25, -0.2) is 4.98 Å². The molecule has 146 valence electrons. The van der Waals surface area contributed by atoms with E-state index in [-0.39, 0.29) is 11.7 Å². The maximum atomic E-state index is 12.3. The predicted octanol–water partition coefficient (Wildman–Crippen LogP) is 5.10. The van der Waals surface area contributed by atoms with E-state index in [0.29, 0.717) is 17.2 Å². The van der Waals surface area contributed by atoms with E-state index in [0.717, 1.165) is 21.8 Å². The average Bonchev–Trinajstić information content (AvgIpc) is 3.12. The Morgan fingerprint density at radius 2 is 1.97 bits per heavy atom. The molecule has 4 aromatic rings. The van der Waals surface area contributed by atoms with Crippen molar-refractivity contribution in [2.45, 2.75) is 19.0 Å². The summed E-state index contributed by atoms with van der Waals surface area (Å²) in [6.07, 6.45) is 3.41. The maximum Gasteiger partial charge on any atom is 0.234 e. The summed E-state index contributed by atoms with van der Waals surface area (Å²) in [5, 5.41) is 3.62. The van der Waals surface area contributed by atoms with E-state index < -0.39 is 0 Å². The lowest BCUT2D eigenvalue weighted by Crippen LogP contribution is -2.14. The lowest BCUT2D eigenvalue weighted by Gasteiger charge is -2.09. The standard InChI is InChI=1S/C22H20N4O2S/c1-14-3-8-18-19(11-14)26-22(25-18)29-13-21(27)24-16-4-6-17(7-5-16)28-20-12-23-10-9-15(20)2/h3-12H,13H2,1-2H3,(H,24,27)(H,25,26). The summed E-state index contributed by atoms with van der Waals surface area (Å²) >= 11 is 1.38. The fraction of sp³-hybridized carbons (Fsp3) is 0.136. The molecule has 0 aliphatic rings. The fourth-order valence-electron chi connectivity index (χ4n) is 2.79. The third-order valence-corrected chi connectivity index (χ3v) is 5.19. The van der Waals surface area contributed by atoms with Gasteiger partial charge >= 0.3 is 0 Å². The first-order valence-corrected chi connectivity index (χ1v) is 10.1. The number of hydrogen-bond donors (Lipinski definition) is 2. The van der Waals surface area contributed by atoms with Gasteiger partial charge in [0, 0.05) is 11.9 Å². The van der Waals surface area contributed by atoms with Gasteiger partial charge in [0.05, 0.1) is 23.0 Å². The lowest BCUT2D eigenvalue weighted by atomic mass is 10.2. The molecule has 0 radical (unpaired) electrons. The minimum Gasteiger partial charge on any atom is -0.455 e. The molecule has 0 fully saturated rings. The summed E-state index contributed by atoms with van der Waals surface area (Å²) in [5.74, 6) is 1.57. The smallest absolute Gasteiger partial charge is 0.234 e. The van der Waals surface area contributed by atoms with Gasteiger partial charge in [-0.2, -0.15) is 0 Å². The molecule has 0 aliphatic heterocycles. The number of anilines is 1. The molecule has 2 heterocycles. The first-order valence-electron chi connectivity index (χ1n) is 9.14. The summed E-state index contributed by atoms with van der Waals surface area (Å²) in [6, 6.07) is 15.2. The molecular weight excluding hydrogens is 384 g/mol. The zero-order valence-corrected chi connectivity index (χ0v) is 16.9. The number of aromatic amines is 1. The Bertz CT molecular complexity index is 1160. The fourth-order valence-corrected chi connectivity index (χ4v) is 3.47. The molecule has 0 atom stereocenters. The van der Waals surface area contributed by atoms with Crippen LogP contribution in [0.3, 0.4) is 0 Å². The van der Waals surface area contributed by atoms with Crippen molar-refractivity contribution in [2.24, 2.45) is 0 Å². The number of carbonyl (C=O) groups is 1. The van der Waals surface area contributed by atoms with Gasteiger partial charge in [0.15, 0.2) is 5.16 Å². The van der Waals surface area contributed by atoms with Crippen molar-refractivity contribution in [1.29, 1.82) is 0 Å². The number of hydrogen-bond acceptors (Lipinski definition) is 5. The number of ether oxygens (including phenoxy) is 1. The number of benzene rings is 2. The molecule has 0 aliphatic carbocycles. The van der Waals surface area contributed by atoms with Crippen LogP contribution in [0, 0.1) is 13.8 Å². The molecule has 0 saturated carbocycles. The molecular formula is C22H20N4O2S. The second-order valence-corrected chi connectivity index (χ2v) is 7.63. The van der Waals surface area contributed by atoms with Crippen LogP contribution in [0.25, 0.3) is 11.0 Å². The van der Waals surface area contributed by atoms with Crippen LogP contribution in [0.2, 0.25) is 0 Å². The second-order valence-electron chi connectivity index (χ2n) is 6.67. The van der Waals surface area contributed by atoms with Gasteiger partial charge in [-0.3, -0.25) is 9.78 Å². The van der Waals surface area contributed by atoms with Crippen molar-refractivity contribution in [2.75, 3.05) is 11.1 Å². The topological polar surface area (TPSA) is 79.9 Å². The number of pyridine rings is 1. The highest BCUT2D eigenvalue weighted by Crippen LogP contribution is 2.25. The number of carbonyl (C=O) groups excluding carboxylic acids is 1. The van der Waals surface area contributed by atoms with Gasteiger partial charge in [-0.05, 0) is 67.4 Å². The molecule has 2 N–H and O–H groups in total. The average molecular weight is 404 g/mol. The number of imidazole rings is 1. The third-order valence-electron chi connectivity index (χ3n) is 4.31. The first kappa shape index (κ1) is 19.0. The number of aromatic nitrogens is 3. The van der Waals surface area contributed by atoms with E-state index >= 15 is 0 Å². The van der Waals surface area contributed by atoms with E-state index in [9.17, 15) is 4.79 Å². The zero-order valence-electron chi connectivity index (χ0n) is 16.1. The predicted molar refractivity (Wildman–Crippen MR) is 116 cm³/mol. The monoisotopic (exact) mass is 404 g/mol. The van der Waals surface area contributed by atoms with E-state index in [1.807, 2.05) is 62.4 Å². The van der Waals surface area contributed by atoms with E-state index in [4.69, 9.17) is 4.74 Å². The van der Waals surface area contributed by atoms with Crippen LogP contribution in [0.1, 0.15) is 11.1 Å². The number of aryl methyl sites for hydroxylation is 2. The van der Waals surface area contributed by atoms with Gasteiger partial charge in [-0.1, -0.05) is 17.8 Å². The number of H-pyrrole nitrogens is 1. The maximum absolute atomic E-state index is 12.3. The summed E-state index contributed by atoms with van der Waals surface area (Å²) in [6.45, 7) is 4.00. The van der Waals surface area contributed by atoms with Crippen LogP contribution in [0.4, 0.5) is 5.69 Å². The van der Waals surface area contributed by atoms with Crippen molar-refractivity contribution >= 4 is 34.4 Å².